The molecule has 0 saturated carbocycles. The molecule has 3 aliphatic heterocycles. The minimum atomic E-state index is -0.330. The molecule has 0 unspecified atom stereocenters. The largest absolute Gasteiger partial charge is 1.00 e. The summed E-state index contributed by atoms with van der Waals surface area (Å²) in [6, 6.07) is 26.4. The van der Waals surface area contributed by atoms with E-state index in [2.05, 4.69) is 24.3 Å². The molecule has 3 heterocycles. The molecule has 2 bridgehead atoms. The van der Waals surface area contributed by atoms with Crippen LogP contribution in [0.1, 0.15) is 18.4 Å². The van der Waals surface area contributed by atoms with Crippen molar-refractivity contribution in [1.82, 2.24) is 0 Å². The minimum absolute atomic E-state index is 0. The predicted octanol–water partition coefficient (Wildman–Crippen LogP) is 3.33. The molecular formula is C28H30BrFN2O2S. The van der Waals surface area contributed by atoms with Crippen molar-refractivity contribution in [2.45, 2.75) is 30.4 Å². The average molecular weight is 558 g/mol. The molecule has 3 aromatic rings. The van der Waals surface area contributed by atoms with Crippen molar-refractivity contribution in [2.75, 3.05) is 30.4 Å². The van der Waals surface area contributed by atoms with Gasteiger partial charge in [-0.1, -0.05) is 60.3 Å². The smallest absolute Gasteiger partial charge is 0.415 e. The lowest BCUT2D eigenvalue weighted by molar-refractivity contribution is -0.934. The van der Waals surface area contributed by atoms with E-state index in [1.807, 2.05) is 48.2 Å². The van der Waals surface area contributed by atoms with Gasteiger partial charge in [-0.05, 0) is 42.0 Å². The number of carbonyl (C=O) groups excluding carboxylic acids is 1. The first kappa shape index (κ1) is 25.7. The Morgan fingerprint density at radius 1 is 0.943 bits per heavy atom. The lowest BCUT2D eigenvalue weighted by Crippen LogP contribution is -3.00. The van der Waals surface area contributed by atoms with Crippen LogP contribution in [0.4, 0.5) is 14.9 Å². The van der Waals surface area contributed by atoms with Crippen LogP contribution in [-0.2, 0) is 11.3 Å². The molecule has 35 heavy (non-hydrogen) atoms. The van der Waals surface area contributed by atoms with Gasteiger partial charge in [0, 0.05) is 29.3 Å². The molecule has 6 rings (SSSR count). The molecule has 0 radical (unpaired) electrons. The number of rotatable bonds is 7. The van der Waals surface area contributed by atoms with Crippen molar-refractivity contribution in [3.8, 4) is 0 Å². The number of para-hydroxylation sites is 1. The molecule has 3 fully saturated rings. The van der Waals surface area contributed by atoms with Gasteiger partial charge in [0.15, 0.2) is 6.10 Å². The summed E-state index contributed by atoms with van der Waals surface area (Å²) in [5, 5.41) is 0. The normalized spacial score (nSPS) is 22.8. The van der Waals surface area contributed by atoms with Gasteiger partial charge in [0.1, 0.15) is 18.2 Å². The SMILES string of the molecule is O=C(O[C@H]1C[N+]2(CSc3ccccc3)CCC1CC2)N(Cc1ccc(F)cc1)c1ccccc1.[Br-]. The zero-order valence-corrected chi connectivity index (χ0v) is 22.0. The first-order valence-corrected chi connectivity index (χ1v) is 12.9. The average Bonchev–Trinajstić information content (AvgIpc) is 2.89. The molecular weight excluding hydrogens is 527 g/mol. The predicted molar refractivity (Wildman–Crippen MR) is 134 cm³/mol. The summed E-state index contributed by atoms with van der Waals surface area (Å²) >= 11 is 1.89. The number of thioether (sulfide) groups is 1. The Morgan fingerprint density at radius 2 is 1.57 bits per heavy atom. The Bertz CT molecular complexity index is 1090. The number of nitrogens with zero attached hydrogens (tertiary/aromatic N) is 2. The fourth-order valence-electron chi connectivity index (χ4n) is 5.10. The first-order valence-electron chi connectivity index (χ1n) is 11.9. The van der Waals surface area contributed by atoms with Crippen molar-refractivity contribution in [1.29, 1.82) is 0 Å². The third-order valence-electron chi connectivity index (χ3n) is 7.08. The molecule has 1 amide bonds. The zero-order valence-electron chi connectivity index (χ0n) is 19.6. The van der Waals surface area contributed by atoms with Gasteiger partial charge in [-0.3, -0.25) is 4.90 Å². The minimum Gasteiger partial charge on any atom is -1.00 e. The number of amides is 1. The molecule has 4 nitrogen and oxygen atoms in total. The van der Waals surface area contributed by atoms with Crippen LogP contribution in [-0.4, -0.2) is 42.2 Å². The molecule has 1 atom stereocenters. The van der Waals surface area contributed by atoms with Gasteiger partial charge in [-0.25, -0.2) is 9.18 Å². The van der Waals surface area contributed by atoms with Crippen LogP contribution in [0.15, 0.2) is 89.8 Å². The fourth-order valence-corrected chi connectivity index (χ4v) is 6.23. The highest BCUT2D eigenvalue weighted by molar-refractivity contribution is 7.99. The van der Waals surface area contributed by atoms with Crippen LogP contribution in [0.3, 0.4) is 0 Å². The number of piperidine rings is 3. The van der Waals surface area contributed by atoms with Crippen LogP contribution in [0, 0.1) is 11.7 Å². The van der Waals surface area contributed by atoms with Gasteiger partial charge in [0.05, 0.1) is 19.6 Å². The highest BCUT2D eigenvalue weighted by Crippen LogP contribution is 2.38. The van der Waals surface area contributed by atoms with Crippen LogP contribution in [0.5, 0.6) is 0 Å². The van der Waals surface area contributed by atoms with E-state index >= 15 is 0 Å². The number of hydrogen-bond acceptors (Lipinski definition) is 3. The second-order valence-electron chi connectivity index (χ2n) is 9.37. The summed E-state index contributed by atoms with van der Waals surface area (Å²) in [5.74, 6) is 1.14. The Balaban J connectivity index is 0.00000289. The van der Waals surface area contributed by atoms with E-state index < -0.39 is 0 Å². The number of fused-ring (bicyclic) bond motifs is 3. The van der Waals surface area contributed by atoms with Crippen molar-refractivity contribution in [3.63, 3.8) is 0 Å². The van der Waals surface area contributed by atoms with Crippen molar-refractivity contribution in [3.05, 3.63) is 96.3 Å². The zero-order chi connectivity index (χ0) is 23.4. The molecule has 184 valence electrons. The van der Waals surface area contributed by atoms with Gasteiger partial charge < -0.3 is 26.2 Å². The Hall–Kier alpha value is -2.35. The third kappa shape index (κ3) is 6.26. The number of ether oxygens (including phenoxy) is 1. The molecule has 3 aliphatic rings. The van der Waals surface area contributed by atoms with Crippen LogP contribution in [0.2, 0.25) is 0 Å². The van der Waals surface area contributed by atoms with E-state index in [-0.39, 0.29) is 35.0 Å². The maximum Gasteiger partial charge on any atom is 0.415 e. The Labute approximate surface area is 221 Å². The van der Waals surface area contributed by atoms with E-state index in [1.54, 1.807) is 17.0 Å². The maximum absolute atomic E-state index is 13.5. The molecule has 0 aromatic heterocycles. The molecule has 0 spiro atoms. The molecule has 3 aromatic carbocycles. The second kappa shape index (κ2) is 11.6. The van der Waals surface area contributed by atoms with Crippen molar-refractivity contribution >= 4 is 23.5 Å². The second-order valence-corrected chi connectivity index (χ2v) is 10.4. The van der Waals surface area contributed by atoms with Crippen LogP contribution in [0.25, 0.3) is 0 Å². The van der Waals surface area contributed by atoms with Gasteiger partial charge in [0.25, 0.3) is 0 Å². The third-order valence-corrected chi connectivity index (χ3v) is 8.37. The summed E-state index contributed by atoms with van der Waals surface area (Å²) in [6.45, 7) is 3.51. The Morgan fingerprint density at radius 3 is 2.23 bits per heavy atom. The highest BCUT2D eigenvalue weighted by Gasteiger charge is 2.48. The summed E-state index contributed by atoms with van der Waals surface area (Å²) < 4.78 is 20.6. The lowest BCUT2D eigenvalue weighted by atomic mass is 9.84. The number of hydrogen-bond donors (Lipinski definition) is 0. The first-order chi connectivity index (χ1) is 16.6. The topological polar surface area (TPSA) is 29.5 Å². The van der Waals surface area contributed by atoms with E-state index in [9.17, 15) is 9.18 Å². The van der Waals surface area contributed by atoms with E-state index in [0.29, 0.717) is 12.5 Å². The number of benzene rings is 3. The summed E-state index contributed by atoms with van der Waals surface area (Å²) in [4.78, 5) is 16.4. The van der Waals surface area contributed by atoms with Gasteiger partial charge in [-0.15, -0.1) is 0 Å². The van der Waals surface area contributed by atoms with Gasteiger partial charge >= 0.3 is 6.09 Å². The van der Waals surface area contributed by atoms with Gasteiger partial charge in [0.2, 0.25) is 0 Å². The number of carbonyl (C=O) groups is 1. The van der Waals surface area contributed by atoms with Crippen molar-refractivity contribution in [2.24, 2.45) is 5.92 Å². The van der Waals surface area contributed by atoms with Crippen molar-refractivity contribution < 1.29 is 35.4 Å². The van der Waals surface area contributed by atoms with E-state index in [1.165, 1.54) is 17.0 Å². The summed E-state index contributed by atoms with van der Waals surface area (Å²) in [6.07, 6.45) is 1.78. The maximum atomic E-state index is 13.5. The number of anilines is 1. The quantitative estimate of drug-likeness (QED) is 0.330. The van der Waals surface area contributed by atoms with E-state index in [4.69, 9.17) is 4.74 Å². The van der Waals surface area contributed by atoms with Crippen LogP contribution >= 0.6 is 11.8 Å². The fraction of sp³-hybridized carbons (Fsp3) is 0.321. The molecule has 0 N–H and O–H groups in total. The van der Waals surface area contributed by atoms with E-state index in [0.717, 1.165) is 54.1 Å². The monoisotopic (exact) mass is 556 g/mol. The standard InChI is InChI=1S/C28H30FN2O2S.BrH/c29-24-13-11-22(12-14-24)19-30(25-7-3-1-4-8-25)28(32)33-27-20-31(17-15-23(27)16-18-31)21-34-26-9-5-2-6-10-26;/h1-14,23,27H,15-21H2;1H/q+1;/p-1/t23?,27-,31?;/m0./s1. The molecule has 0 aliphatic carbocycles. The Kier molecular flexibility index (Phi) is 8.52. The summed E-state index contributed by atoms with van der Waals surface area (Å²) in [7, 11) is 0. The lowest BCUT2D eigenvalue weighted by Gasteiger charge is -2.51. The van der Waals surface area contributed by atoms with Crippen LogP contribution < -0.4 is 21.9 Å². The number of halogens is 2. The van der Waals surface area contributed by atoms with Gasteiger partial charge in [-0.2, -0.15) is 0 Å². The molecule has 7 heteroatoms. The highest BCUT2D eigenvalue weighted by atomic mass is 79.9. The summed E-state index contributed by atoms with van der Waals surface area (Å²) in [5.41, 5.74) is 1.64. The molecule has 3 saturated heterocycles. The number of quaternary nitrogens is 1.